The maximum Gasteiger partial charge on any atom is 0.276 e. The molecule has 1 aromatic heterocycles. The number of aromatic nitrogens is 2. The van der Waals surface area contributed by atoms with Crippen LogP contribution in [0.15, 0.2) is 24.3 Å². The Kier molecular flexibility index (Phi) is 2.85. The second-order valence-corrected chi connectivity index (χ2v) is 5.08. The van der Waals surface area contributed by atoms with Gasteiger partial charge in [-0.05, 0) is 30.7 Å². The number of benzene rings is 1. The zero-order chi connectivity index (χ0) is 14.3. The van der Waals surface area contributed by atoms with Gasteiger partial charge >= 0.3 is 0 Å². The number of amides is 1. The van der Waals surface area contributed by atoms with Crippen molar-refractivity contribution >= 4 is 23.1 Å². The van der Waals surface area contributed by atoms with Gasteiger partial charge in [0.15, 0.2) is 0 Å². The van der Waals surface area contributed by atoms with E-state index in [0.29, 0.717) is 18.1 Å². The van der Waals surface area contributed by atoms with Crippen molar-refractivity contribution in [3.05, 3.63) is 35.5 Å². The Bertz CT molecular complexity index is 644. The lowest BCUT2D eigenvalue weighted by Gasteiger charge is -2.27. The van der Waals surface area contributed by atoms with E-state index in [-0.39, 0.29) is 5.91 Å². The van der Waals surface area contributed by atoms with Crippen LogP contribution in [0.4, 0.5) is 17.2 Å². The fraction of sp³-hybridized carbons (Fsp3) is 0.286. The van der Waals surface area contributed by atoms with Crippen molar-refractivity contribution in [1.29, 1.82) is 0 Å². The molecule has 0 saturated carbocycles. The Hall–Kier alpha value is -2.50. The molecule has 104 valence electrons. The predicted molar refractivity (Wildman–Crippen MR) is 79.1 cm³/mol. The summed E-state index contributed by atoms with van der Waals surface area (Å²) in [6.07, 6.45) is 0.721. The average Bonchev–Trinajstić information content (AvgIpc) is 2.82. The summed E-state index contributed by atoms with van der Waals surface area (Å²) in [4.78, 5) is 16.2. The Morgan fingerprint density at radius 2 is 2.00 bits per heavy atom. The second kappa shape index (κ2) is 4.56. The third kappa shape index (κ3) is 1.89. The molecule has 0 bridgehead atoms. The standard InChI is InChI=1S/C14H17N5O/c1-18(2)9-3-5-10(6-4-9)19-8-7-11-12(14(19)20)16-17-13(11)15/h3-6H,7-8H2,1-2H3,(H3,15,16,17). The fourth-order valence-corrected chi connectivity index (χ4v) is 2.45. The number of nitrogens with one attached hydrogen (secondary N) is 1. The van der Waals surface area contributed by atoms with E-state index < -0.39 is 0 Å². The topological polar surface area (TPSA) is 78.2 Å². The van der Waals surface area contributed by atoms with Crippen LogP contribution in [-0.2, 0) is 6.42 Å². The van der Waals surface area contributed by atoms with Gasteiger partial charge in [0, 0.05) is 37.6 Å². The Morgan fingerprint density at radius 3 is 2.65 bits per heavy atom. The van der Waals surface area contributed by atoms with Gasteiger partial charge in [-0.15, -0.1) is 0 Å². The van der Waals surface area contributed by atoms with E-state index in [2.05, 4.69) is 10.2 Å². The Labute approximate surface area is 117 Å². The maximum absolute atomic E-state index is 12.4. The van der Waals surface area contributed by atoms with Gasteiger partial charge in [-0.1, -0.05) is 0 Å². The molecule has 20 heavy (non-hydrogen) atoms. The molecule has 2 heterocycles. The average molecular weight is 271 g/mol. The Morgan fingerprint density at radius 1 is 1.30 bits per heavy atom. The normalized spacial score (nSPS) is 14.3. The predicted octanol–water partition coefficient (Wildman–Crippen LogP) is 1.26. The molecule has 1 amide bonds. The number of hydrogen-bond acceptors (Lipinski definition) is 4. The summed E-state index contributed by atoms with van der Waals surface area (Å²) in [6.45, 7) is 0.622. The van der Waals surface area contributed by atoms with Crippen LogP contribution in [-0.4, -0.2) is 36.7 Å². The van der Waals surface area contributed by atoms with Crippen molar-refractivity contribution in [2.75, 3.05) is 36.2 Å². The number of carbonyl (C=O) groups is 1. The summed E-state index contributed by atoms with van der Waals surface area (Å²) in [5.41, 5.74) is 9.07. The van der Waals surface area contributed by atoms with E-state index >= 15 is 0 Å². The van der Waals surface area contributed by atoms with Gasteiger partial charge in [0.25, 0.3) is 5.91 Å². The first-order valence-electron chi connectivity index (χ1n) is 6.50. The molecule has 1 aliphatic rings. The van der Waals surface area contributed by atoms with E-state index in [1.807, 2.05) is 43.3 Å². The first-order chi connectivity index (χ1) is 9.58. The number of H-pyrrole nitrogens is 1. The molecule has 1 aliphatic heterocycles. The molecule has 0 atom stereocenters. The highest BCUT2D eigenvalue weighted by molar-refractivity contribution is 6.07. The molecular weight excluding hydrogens is 254 g/mol. The van der Waals surface area contributed by atoms with Gasteiger partial charge in [-0.3, -0.25) is 9.89 Å². The molecule has 3 rings (SSSR count). The van der Waals surface area contributed by atoms with Gasteiger partial charge in [-0.25, -0.2) is 0 Å². The number of fused-ring (bicyclic) bond motifs is 1. The van der Waals surface area contributed by atoms with Crippen LogP contribution in [0.1, 0.15) is 16.1 Å². The minimum atomic E-state index is -0.0759. The number of nitrogens with two attached hydrogens (primary N) is 1. The van der Waals surface area contributed by atoms with Crippen LogP contribution >= 0.6 is 0 Å². The van der Waals surface area contributed by atoms with E-state index in [0.717, 1.165) is 23.4 Å². The van der Waals surface area contributed by atoms with Gasteiger partial charge in [0.1, 0.15) is 11.5 Å². The molecular formula is C14H17N5O. The lowest BCUT2D eigenvalue weighted by Crippen LogP contribution is -2.37. The summed E-state index contributed by atoms with van der Waals surface area (Å²) >= 11 is 0. The quantitative estimate of drug-likeness (QED) is 0.862. The number of nitrogen functional groups attached to an aromatic ring is 1. The molecule has 6 nitrogen and oxygen atoms in total. The van der Waals surface area contributed by atoms with Crippen LogP contribution in [0.3, 0.4) is 0 Å². The highest BCUT2D eigenvalue weighted by Crippen LogP contribution is 2.27. The molecule has 0 aliphatic carbocycles. The number of aromatic amines is 1. The highest BCUT2D eigenvalue weighted by atomic mass is 16.2. The van der Waals surface area contributed by atoms with Crippen LogP contribution < -0.4 is 15.5 Å². The largest absolute Gasteiger partial charge is 0.382 e. The third-order valence-electron chi connectivity index (χ3n) is 3.62. The first-order valence-corrected chi connectivity index (χ1v) is 6.50. The van der Waals surface area contributed by atoms with Crippen molar-refractivity contribution in [2.45, 2.75) is 6.42 Å². The number of hydrogen-bond donors (Lipinski definition) is 2. The molecule has 1 aromatic carbocycles. The van der Waals surface area contributed by atoms with Crippen molar-refractivity contribution < 1.29 is 4.79 Å². The number of anilines is 3. The Balaban J connectivity index is 1.90. The second-order valence-electron chi connectivity index (χ2n) is 5.08. The molecule has 3 N–H and O–H groups in total. The molecule has 2 aromatic rings. The number of rotatable bonds is 2. The molecule has 6 heteroatoms. The summed E-state index contributed by atoms with van der Waals surface area (Å²) in [5, 5.41) is 6.64. The maximum atomic E-state index is 12.4. The lowest BCUT2D eigenvalue weighted by molar-refractivity contribution is 0.0976. The minimum Gasteiger partial charge on any atom is -0.382 e. The van der Waals surface area contributed by atoms with Crippen molar-refractivity contribution in [1.82, 2.24) is 10.2 Å². The van der Waals surface area contributed by atoms with Gasteiger partial charge < -0.3 is 15.5 Å². The van der Waals surface area contributed by atoms with Gasteiger partial charge in [0.2, 0.25) is 0 Å². The molecule has 0 radical (unpaired) electrons. The van der Waals surface area contributed by atoms with Crippen molar-refractivity contribution in [2.24, 2.45) is 0 Å². The van der Waals surface area contributed by atoms with Crippen molar-refractivity contribution in [3.63, 3.8) is 0 Å². The van der Waals surface area contributed by atoms with Gasteiger partial charge in [-0.2, -0.15) is 5.10 Å². The third-order valence-corrected chi connectivity index (χ3v) is 3.62. The number of carbonyl (C=O) groups excluding carboxylic acids is 1. The molecule has 0 spiro atoms. The summed E-state index contributed by atoms with van der Waals surface area (Å²) in [6, 6.07) is 7.91. The van der Waals surface area contributed by atoms with E-state index in [1.165, 1.54) is 0 Å². The first kappa shape index (κ1) is 12.5. The van der Waals surface area contributed by atoms with Crippen LogP contribution in [0.25, 0.3) is 0 Å². The molecule has 0 saturated heterocycles. The van der Waals surface area contributed by atoms with E-state index in [1.54, 1.807) is 4.90 Å². The summed E-state index contributed by atoms with van der Waals surface area (Å²) in [5.74, 6) is 0.351. The summed E-state index contributed by atoms with van der Waals surface area (Å²) < 4.78 is 0. The highest BCUT2D eigenvalue weighted by Gasteiger charge is 2.29. The van der Waals surface area contributed by atoms with E-state index in [9.17, 15) is 4.79 Å². The fourth-order valence-electron chi connectivity index (χ4n) is 2.45. The lowest BCUT2D eigenvalue weighted by atomic mass is 10.1. The SMILES string of the molecule is CN(C)c1ccc(N2CCc3c(N)n[nH]c3C2=O)cc1. The zero-order valence-electron chi connectivity index (χ0n) is 11.6. The van der Waals surface area contributed by atoms with Gasteiger partial charge in [0.05, 0.1) is 0 Å². The summed E-state index contributed by atoms with van der Waals surface area (Å²) in [7, 11) is 3.97. The number of nitrogens with zero attached hydrogens (tertiary/aromatic N) is 3. The molecule has 0 fully saturated rings. The van der Waals surface area contributed by atoms with Crippen molar-refractivity contribution in [3.8, 4) is 0 Å². The minimum absolute atomic E-state index is 0.0759. The van der Waals surface area contributed by atoms with E-state index in [4.69, 9.17) is 5.73 Å². The zero-order valence-corrected chi connectivity index (χ0v) is 11.6. The monoisotopic (exact) mass is 271 g/mol. The molecule has 0 unspecified atom stereocenters. The smallest absolute Gasteiger partial charge is 0.276 e. The van der Waals surface area contributed by atoms with Crippen LogP contribution in [0.5, 0.6) is 0 Å². The van der Waals surface area contributed by atoms with Crippen LogP contribution in [0, 0.1) is 0 Å². The van der Waals surface area contributed by atoms with Crippen LogP contribution in [0.2, 0.25) is 0 Å².